The zero-order chi connectivity index (χ0) is 7.40. The van der Waals surface area contributed by atoms with Gasteiger partial charge >= 0.3 is 0 Å². The van der Waals surface area contributed by atoms with E-state index in [0.29, 0.717) is 0 Å². The van der Waals surface area contributed by atoms with Gasteiger partial charge in [0.25, 0.3) is 0 Å². The first kappa shape index (κ1) is 11.1. The average molecular weight is 161 g/mol. The number of hydrogen-bond acceptors (Lipinski definition) is 2. The minimum absolute atomic E-state index is 0. The van der Waals surface area contributed by atoms with Gasteiger partial charge < -0.3 is 10.2 Å². The molecule has 0 fully saturated rings. The Morgan fingerprint density at radius 3 is 2.18 bits per heavy atom. The quantitative estimate of drug-likeness (QED) is 0.614. The van der Waals surface area contributed by atoms with Gasteiger partial charge in [0.05, 0.1) is 6.61 Å². The van der Waals surface area contributed by atoms with Gasteiger partial charge in [-0.05, 0) is 5.56 Å². The summed E-state index contributed by atoms with van der Waals surface area (Å²) >= 11 is 0. The maximum Gasteiger partial charge on any atom is 0.102 e. The number of aliphatic hydroxyl groups excluding tert-OH is 2. The van der Waals surface area contributed by atoms with E-state index in [1.165, 1.54) is 0 Å². The van der Waals surface area contributed by atoms with E-state index in [1.54, 1.807) is 12.1 Å². The molecule has 55 valence electrons. The number of rotatable bonds is 2. The molecule has 1 rings (SSSR count). The van der Waals surface area contributed by atoms with E-state index in [0.717, 1.165) is 5.56 Å². The molecule has 2 nitrogen and oxygen atoms in total. The van der Waals surface area contributed by atoms with Crippen molar-refractivity contribution in [3.05, 3.63) is 35.9 Å². The molecule has 0 aromatic heterocycles. The first-order valence-corrected chi connectivity index (χ1v) is 3.18. The molecule has 3 heteroatoms. The van der Waals surface area contributed by atoms with Crippen LogP contribution >= 0.6 is 0 Å². The van der Waals surface area contributed by atoms with Gasteiger partial charge in [0.2, 0.25) is 0 Å². The van der Waals surface area contributed by atoms with Crippen LogP contribution in [0.2, 0.25) is 0 Å². The van der Waals surface area contributed by atoms with Crippen molar-refractivity contribution in [1.29, 1.82) is 0 Å². The van der Waals surface area contributed by atoms with Crippen LogP contribution in [0, 0.1) is 0 Å². The largest absolute Gasteiger partial charge is 0.393 e. The van der Waals surface area contributed by atoms with Crippen LogP contribution in [-0.2, 0) is 0 Å². The SMILES string of the molecule is OCC(O)c1ccccc1.[Na]. The van der Waals surface area contributed by atoms with Crippen molar-refractivity contribution in [2.45, 2.75) is 6.10 Å². The molecule has 0 aliphatic heterocycles. The zero-order valence-corrected chi connectivity index (χ0v) is 8.57. The van der Waals surface area contributed by atoms with Crippen LogP contribution in [0.4, 0.5) is 0 Å². The molecule has 0 aliphatic carbocycles. The molecular weight excluding hydrogens is 151 g/mol. The Balaban J connectivity index is 0.000001000. The van der Waals surface area contributed by atoms with Crippen molar-refractivity contribution in [2.24, 2.45) is 0 Å². The molecule has 1 aromatic rings. The number of hydrogen-bond donors (Lipinski definition) is 2. The van der Waals surface area contributed by atoms with Gasteiger partial charge in [0, 0.05) is 29.6 Å². The van der Waals surface area contributed by atoms with Gasteiger partial charge in [-0.25, -0.2) is 0 Å². The van der Waals surface area contributed by atoms with Gasteiger partial charge in [-0.2, -0.15) is 0 Å². The van der Waals surface area contributed by atoms with Crippen LogP contribution in [0.3, 0.4) is 0 Å². The summed E-state index contributed by atoms with van der Waals surface area (Å²) in [4.78, 5) is 0. The minimum Gasteiger partial charge on any atom is -0.393 e. The second kappa shape index (κ2) is 5.75. The van der Waals surface area contributed by atoms with Crippen molar-refractivity contribution in [3.8, 4) is 0 Å². The fourth-order valence-electron chi connectivity index (χ4n) is 0.781. The van der Waals surface area contributed by atoms with Crippen molar-refractivity contribution in [3.63, 3.8) is 0 Å². The maximum atomic E-state index is 9.08. The van der Waals surface area contributed by atoms with Gasteiger partial charge in [0.1, 0.15) is 6.10 Å². The van der Waals surface area contributed by atoms with Crippen LogP contribution < -0.4 is 0 Å². The van der Waals surface area contributed by atoms with Gasteiger partial charge in [-0.3, -0.25) is 0 Å². The Labute approximate surface area is 88.2 Å². The Kier molecular flexibility index (Phi) is 5.82. The zero-order valence-electron chi connectivity index (χ0n) is 6.57. The van der Waals surface area contributed by atoms with E-state index in [9.17, 15) is 0 Å². The van der Waals surface area contributed by atoms with Gasteiger partial charge in [-0.1, -0.05) is 30.3 Å². The predicted octanol–water partition coefficient (Wildman–Crippen LogP) is 0.331. The Bertz CT molecular complexity index is 189. The third-order valence-electron chi connectivity index (χ3n) is 1.36. The first-order valence-electron chi connectivity index (χ1n) is 3.18. The number of aliphatic hydroxyl groups is 2. The number of benzene rings is 1. The molecule has 0 heterocycles. The third kappa shape index (κ3) is 3.36. The van der Waals surface area contributed by atoms with Gasteiger partial charge in [0.15, 0.2) is 0 Å². The van der Waals surface area contributed by atoms with Gasteiger partial charge in [-0.15, -0.1) is 0 Å². The summed E-state index contributed by atoms with van der Waals surface area (Å²) in [5, 5.41) is 17.6. The van der Waals surface area contributed by atoms with Crippen LogP contribution in [-0.4, -0.2) is 46.4 Å². The van der Waals surface area contributed by atoms with Crippen LogP contribution in [0.25, 0.3) is 0 Å². The van der Waals surface area contributed by atoms with E-state index >= 15 is 0 Å². The average Bonchev–Trinajstić information content (AvgIpc) is 2.05. The summed E-state index contributed by atoms with van der Waals surface area (Å²) in [5.74, 6) is 0. The molecule has 1 atom stereocenters. The molecule has 0 saturated carbocycles. The van der Waals surface area contributed by atoms with Crippen LogP contribution in [0.15, 0.2) is 30.3 Å². The van der Waals surface area contributed by atoms with Crippen molar-refractivity contribution in [2.75, 3.05) is 6.61 Å². The molecule has 0 spiro atoms. The summed E-state index contributed by atoms with van der Waals surface area (Å²) in [6, 6.07) is 9.08. The van der Waals surface area contributed by atoms with E-state index in [4.69, 9.17) is 10.2 Å². The summed E-state index contributed by atoms with van der Waals surface area (Å²) in [6.45, 7) is -0.218. The smallest absolute Gasteiger partial charge is 0.102 e. The topological polar surface area (TPSA) is 40.5 Å². The molecule has 2 N–H and O–H groups in total. The molecule has 0 aliphatic rings. The maximum absolute atomic E-state index is 9.08. The molecule has 1 unspecified atom stereocenters. The Morgan fingerprint density at radius 1 is 1.18 bits per heavy atom. The van der Waals surface area contributed by atoms with E-state index in [1.807, 2.05) is 18.2 Å². The summed E-state index contributed by atoms with van der Waals surface area (Å²) in [6.07, 6.45) is -0.735. The van der Waals surface area contributed by atoms with Crippen LogP contribution in [0.5, 0.6) is 0 Å². The summed E-state index contributed by atoms with van der Waals surface area (Å²) in [5.41, 5.74) is 0.755. The summed E-state index contributed by atoms with van der Waals surface area (Å²) < 4.78 is 0. The fourth-order valence-corrected chi connectivity index (χ4v) is 0.781. The van der Waals surface area contributed by atoms with E-state index in [-0.39, 0.29) is 36.2 Å². The fraction of sp³-hybridized carbons (Fsp3) is 0.250. The first-order chi connectivity index (χ1) is 4.84. The second-order valence-electron chi connectivity index (χ2n) is 2.11. The molecule has 0 saturated heterocycles. The van der Waals surface area contributed by atoms with E-state index < -0.39 is 6.10 Å². The Morgan fingerprint density at radius 2 is 1.73 bits per heavy atom. The van der Waals surface area contributed by atoms with Crippen LogP contribution in [0.1, 0.15) is 11.7 Å². The third-order valence-corrected chi connectivity index (χ3v) is 1.36. The molecule has 1 aromatic carbocycles. The van der Waals surface area contributed by atoms with Crippen molar-refractivity contribution < 1.29 is 10.2 Å². The predicted molar refractivity (Wildman–Crippen MR) is 44.2 cm³/mol. The van der Waals surface area contributed by atoms with Crippen molar-refractivity contribution >= 4 is 29.6 Å². The normalized spacial score (nSPS) is 11.8. The molecule has 1 radical (unpaired) electrons. The monoisotopic (exact) mass is 161 g/mol. The molecule has 11 heavy (non-hydrogen) atoms. The second-order valence-corrected chi connectivity index (χ2v) is 2.11. The Hall–Kier alpha value is 0.140. The molecule has 0 amide bonds. The minimum atomic E-state index is -0.735. The van der Waals surface area contributed by atoms with E-state index in [2.05, 4.69) is 0 Å². The molecular formula is C8H10NaO2. The summed E-state index contributed by atoms with van der Waals surface area (Å²) in [7, 11) is 0. The standard InChI is InChI=1S/C8H10O2.Na/c9-6-8(10)7-4-2-1-3-5-7;/h1-5,8-10H,6H2;. The van der Waals surface area contributed by atoms with Crippen molar-refractivity contribution in [1.82, 2.24) is 0 Å². The molecule has 0 bridgehead atoms.